The van der Waals surface area contributed by atoms with E-state index >= 15 is 0 Å². The van der Waals surface area contributed by atoms with Gasteiger partial charge >= 0.3 is 0 Å². The van der Waals surface area contributed by atoms with Gasteiger partial charge in [0.25, 0.3) is 5.69 Å². The maximum atomic E-state index is 10.8. The maximum Gasteiger partial charge on any atom is 0.290 e. The average Bonchev–Trinajstić information content (AvgIpc) is 2.42. The summed E-state index contributed by atoms with van der Waals surface area (Å²) in [7, 11) is 0. The molecule has 0 saturated carbocycles. The first-order chi connectivity index (χ1) is 9.88. The van der Waals surface area contributed by atoms with Crippen LogP contribution in [0.4, 0.5) is 11.4 Å². The Bertz CT molecular complexity index is 752. The molecule has 0 radical (unpaired) electrons. The van der Waals surface area contributed by atoms with Crippen LogP contribution in [0.5, 0.6) is 5.75 Å². The van der Waals surface area contributed by atoms with Crippen molar-refractivity contribution in [1.29, 1.82) is 0 Å². The smallest absolute Gasteiger partial charge is 0.290 e. The van der Waals surface area contributed by atoms with Crippen LogP contribution in [0.15, 0.2) is 39.8 Å². The fourth-order valence-electron chi connectivity index (χ4n) is 1.55. The summed E-state index contributed by atoms with van der Waals surface area (Å²) < 4.78 is 1.47. The molecule has 21 heavy (non-hydrogen) atoms. The molecule has 108 valence electrons. The molecule has 0 unspecified atom stereocenters. The van der Waals surface area contributed by atoms with E-state index in [0.29, 0.717) is 14.8 Å². The lowest BCUT2D eigenvalue weighted by Gasteiger charge is -2.03. The zero-order valence-electron chi connectivity index (χ0n) is 10.3. The van der Waals surface area contributed by atoms with Crippen LogP contribution in [0.1, 0.15) is 5.56 Å². The number of nitrogens with zero attached hydrogens (tertiary/aromatic N) is 2. The van der Waals surface area contributed by atoms with E-state index < -0.39 is 4.92 Å². The monoisotopic (exact) mass is 480 g/mol. The molecular formula is C13H7BrClIN2O3. The lowest BCUT2D eigenvalue weighted by atomic mass is 10.2. The lowest BCUT2D eigenvalue weighted by molar-refractivity contribution is -0.384. The molecular weight excluding hydrogens is 474 g/mol. The second-order valence-corrected chi connectivity index (χ2v) is 6.46. The average molecular weight is 481 g/mol. The number of aromatic hydroxyl groups is 1. The van der Waals surface area contributed by atoms with Gasteiger partial charge in [-0.3, -0.25) is 15.1 Å². The molecule has 0 aliphatic carbocycles. The Balaban J connectivity index is 2.38. The van der Waals surface area contributed by atoms with E-state index in [1.165, 1.54) is 18.3 Å². The number of aliphatic imine (C=N–C) groups is 1. The fourth-order valence-corrected chi connectivity index (χ4v) is 3.29. The van der Waals surface area contributed by atoms with Gasteiger partial charge in [0.2, 0.25) is 0 Å². The molecule has 8 heteroatoms. The largest absolute Gasteiger partial charge is 0.506 e. The topological polar surface area (TPSA) is 75.7 Å². The van der Waals surface area contributed by atoms with E-state index in [2.05, 4.69) is 20.9 Å². The van der Waals surface area contributed by atoms with Gasteiger partial charge in [-0.15, -0.1) is 0 Å². The third kappa shape index (κ3) is 3.92. The first-order valence-electron chi connectivity index (χ1n) is 5.54. The molecule has 2 rings (SSSR count). The number of phenols is 1. The summed E-state index contributed by atoms with van der Waals surface area (Å²) in [5.74, 6) is 0.103. The van der Waals surface area contributed by atoms with Crippen molar-refractivity contribution in [2.45, 2.75) is 0 Å². The van der Waals surface area contributed by atoms with Crippen molar-refractivity contribution in [3.05, 3.63) is 59.1 Å². The molecule has 1 N–H and O–H groups in total. The minimum atomic E-state index is -0.569. The van der Waals surface area contributed by atoms with Gasteiger partial charge in [-0.2, -0.15) is 0 Å². The molecule has 0 aromatic heterocycles. The summed E-state index contributed by atoms with van der Waals surface area (Å²) >= 11 is 11.1. The molecule has 0 aliphatic rings. The number of nitro groups is 1. The molecule has 0 spiro atoms. The minimum absolute atomic E-state index is 0.0544. The van der Waals surface area contributed by atoms with Gasteiger partial charge in [0.15, 0.2) is 0 Å². The Morgan fingerprint density at radius 3 is 2.76 bits per heavy atom. The Kier molecular flexibility index (Phi) is 5.17. The fraction of sp³-hybridized carbons (Fsp3) is 0. The molecule has 0 amide bonds. The number of hydrogen-bond acceptors (Lipinski definition) is 4. The second-order valence-electron chi connectivity index (χ2n) is 3.98. The normalized spacial score (nSPS) is 11.0. The third-order valence-corrected chi connectivity index (χ3v) is 4.14. The van der Waals surface area contributed by atoms with Gasteiger partial charge < -0.3 is 5.11 Å². The highest BCUT2D eigenvalue weighted by Gasteiger charge is 2.12. The first-order valence-corrected chi connectivity index (χ1v) is 7.79. The number of hydrogen-bond donors (Lipinski definition) is 1. The standard InChI is InChI=1S/C13H7BrClIN2O3/c14-8-3-7(13(19)11(16)4-8)6-17-9-1-2-10(15)12(5-9)18(20)21/h1-6,19H. The number of phenolic OH excluding ortho intramolecular Hbond substituents is 1. The molecule has 0 bridgehead atoms. The van der Waals surface area contributed by atoms with Crippen molar-refractivity contribution >= 4 is 67.7 Å². The second kappa shape index (κ2) is 6.71. The highest BCUT2D eigenvalue weighted by Crippen LogP contribution is 2.30. The van der Waals surface area contributed by atoms with Crippen molar-refractivity contribution in [3.63, 3.8) is 0 Å². The van der Waals surface area contributed by atoms with Gasteiger partial charge in [0, 0.05) is 22.3 Å². The minimum Gasteiger partial charge on any atom is -0.506 e. The zero-order valence-corrected chi connectivity index (χ0v) is 14.8. The van der Waals surface area contributed by atoms with Crippen molar-refractivity contribution in [2.75, 3.05) is 0 Å². The van der Waals surface area contributed by atoms with Gasteiger partial charge in [0.05, 0.1) is 14.2 Å². The van der Waals surface area contributed by atoms with Gasteiger partial charge in [-0.1, -0.05) is 27.5 Å². The van der Waals surface area contributed by atoms with Crippen molar-refractivity contribution in [3.8, 4) is 5.75 Å². The summed E-state index contributed by atoms with van der Waals surface area (Å²) in [6.45, 7) is 0. The van der Waals surface area contributed by atoms with Crippen molar-refractivity contribution < 1.29 is 10.0 Å². The van der Waals surface area contributed by atoms with E-state index in [1.807, 2.05) is 22.6 Å². The Morgan fingerprint density at radius 2 is 2.10 bits per heavy atom. The van der Waals surface area contributed by atoms with E-state index in [9.17, 15) is 15.2 Å². The first kappa shape index (κ1) is 16.2. The van der Waals surface area contributed by atoms with Crippen LogP contribution in [0.2, 0.25) is 5.02 Å². The maximum absolute atomic E-state index is 10.8. The van der Waals surface area contributed by atoms with Crippen LogP contribution in [0, 0.1) is 13.7 Å². The van der Waals surface area contributed by atoms with Crippen molar-refractivity contribution in [2.24, 2.45) is 4.99 Å². The third-order valence-electron chi connectivity index (χ3n) is 2.54. The van der Waals surface area contributed by atoms with Crippen LogP contribution < -0.4 is 0 Å². The Labute approximate surface area is 147 Å². The van der Waals surface area contributed by atoms with E-state index in [-0.39, 0.29) is 16.5 Å². The molecule has 5 nitrogen and oxygen atoms in total. The lowest BCUT2D eigenvalue weighted by Crippen LogP contribution is -1.89. The van der Waals surface area contributed by atoms with E-state index in [4.69, 9.17) is 11.6 Å². The van der Waals surface area contributed by atoms with Gasteiger partial charge in [-0.25, -0.2) is 0 Å². The Morgan fingerprint density at radius 1 is 1.38 bits per heavy atom. The summed E-state index contributed by atoms with van der Waals surface area (Å²) in [6.07, 6.45) is 1.44. The number of benzene rings is 2. The van der Waals surface area contributed by atoms with Crippen LogP contribution >= 0.6 is 50.1 Å². The molecule has 0 aliphatic heterocycles. The molecule has 2 aromatic carbocycles. The highest BCUT2D eigenvalue weighted by atomic mass is 127. The SMILES string of the molecule is O=[N+]([O-])c1cc(N=Cc2cc(Br)cc(I)c2O)ccc1Cl. The predicted octanol–water partition coefficient (Wildman–Crippen LogP) is 5.07. The zero-order chi connectivity index (χ0) is 15.6. The van der Waals surface area contributed by atoms with E-state index in [1.54, 1.807) is 18.2 Å². The van der Waals surface area contributed by atoms with Crippen LogP contribution in [-0.4, -0.2) is 16.2 Å². The summed E-state index contributed by atoms with van der Waals surface area (Å²) in [5, 5.41) is 20.8. The molecule has 0 saturated heterocycles. The number of rotatable bonds is 3. The van der Waals surface area contributed by atoms with Crippen LogP contribution in [0.25, 0.3) is 0 Å². The molecule has 2 aromatic rings. The summed E-state index contributed by atoms with van der Waals surface area (Å²) in [4.78, 5) is 14.4. The van der Waals surface area contributed by atoms with Gasteiger partial charge in [0.1, 0.15) is 10.8 Å². The molecule has 0 atom stereocenters. The highest BCUT2D eigenvalue weighted by molar-refractivity contribution is 14.1. The Hall–Kier alpha value is -1.19. The molecule has 0 fully saturated rings. The van der Waals surface area contributed by atoms with Gasteiger partial charge in [-0.05, 0) is 46.9 Å². The quantitative estimate of drug-likeness (QED) is 0.288. The van der Waals surface area contributed by atoms with Crippen molar-refractivity contribution in [1.82, 2.24) is 0 Å². The molecule has 0 heterocycles. The van der Waals surface area contributed by atoms with Crippen LogP contribution in [-0.2, 0) is 0 Å². The summed E-state index contributed by atoms with van der Waals surface area (Å²) in [5.41, 5.74) is 0.672. The van der Waals surface area contributed by atoms with E-state index in [0.717, 1.165) is 4.47 Å². The number of nitro benzene ring substituents is 1. The van der Waals surface area contributed by atoms with Crippen LogP contribution in [0.3, 0.4) is 0 Å². The summed E-state index contributed by atoms with van der Waals surface area (Å²) in [6, 6.07) is 7.72. The number of halogens is 3. The predicted molar refractivity (Wildman–Crippen MR) is 93.9 cm³/mol.